The molecule has 0 bridgehead atoms. The predicted molar refractivity (Wildman–Crippen MR) is 62.3 cm³/mol. The Morgan fingerprint density at radius 3 is 2.81 bits per heavy atom. The Labute approximate surface area is 100.0 Å². The van der Waals surface area contributed by atoms with Crippen molar-refractivity contribution in [2.24, 2.45) is 0 Å². The van der Waals surface area contributed by atoms with Gasteiger partial charge in [0, 0.05) is 12.7 Å². The van der Waals surface area contributed by atoms with Gasteiger partial charge in [-0.2, -0.15) is 0 Å². The van der Waals surface area contributed by atoms with Gasteiger partial charge in [-0.1, -0.05) is 11.6 Å². The lowest BCUT2D eigenvalue weighted by atomic mass is 10.2. The van der Waals surface area contributed by atoms with Crippen LogP contribution >= 0.6 is 11.6 Å². The summed E-state index contributed by atoms with van der Waals surface area (Å²) in [6.07, 6.45) is 1.15. The number of rotatable bonds is 2. The second kappa shape index (κ2) is 5.16. The van der Waals surface area contributed by atoms with Crippen LogP contribution in [-0.2, 0) is 11.3 Å². The molecule has 0 aliphatic carbocycles. The Morgan fingerprint density at radius 2 is 2.25 bits per heavy atom. The van der Waals surface area contributed by atoms with Gasteiger partial charge >= 0.3 is 6.09 Å². The molecular formula is C11H15ClN2O2. The van der Waals surface area contributed by atoms with Gasteiger partial charge in [-0.3, -0.25) is 0 Å². The molecule has 1 N–H and O–H groups in total. The molecule has 16 heavy (non-hydrogen) atoms. The zero-order valence-corrected chi connectivity index (χ0v) is 10.3. The first-order chi connectivity index (χ1) is 7.37. The van der Waals surface area contributed by atoms with Gasteiger partial charge in [-0.25, -0.2) is 9.78 Å². The molecule has 0 spiro atoms. The Hall–Kier alpha value is -1.29. The predicted octanol–water partition coefficient (Wildman–Crippen LogP) is 2.76. The van der Waals surface area contributed by atoms with Crippen LogP contribution in [0.25, 0.3) is 0 Å². The molecule has 0 atom stereocenters. The summed E-state index contributed by atoms with van der Waals surface area (Å²) in [5.74, 6) is 0. The summed E-state index contributed by atoms with van der Waals surface area (Å²) in [6.45, 7) is 5.82. The van der Waals surface area contributed by atoms with Crippen LogP contribution in [0.2, 0.25) is 5.15 Å². The molecule has 0 aromatic carbocycles. The van der Waals surface area contributed by atoms with Crippen LogP contribution < -0.4 is 5.32 Å². The zero-order chi connectivity index (χ0) is 12.2. The third kappa shape index (κ3) is 4.98. The molecule has 0 unspecified atom stereocenters. The minimum atomic E-state index is -0.486. The monoisotopic (exact) mass is 242 g/mol. The molecule has 0 fully saturated rings. The second-order valence-corrected chi connectivity index (χ2v) is 4.73. The van der Waals surface area contributed by atoms with Gasteiger partial charge in [0.25, 0.3) is 0 Å². The standard InChI is InChI=1S/C11H15ClN2O2/c1-11(2,3)16-10(15)14-7-8-4-5-13-9(12)6-8/h4-6H,7H2,1-3H3,(H,14,15). The average molecular weight is 243 g/mol. The van der Waals surface area contributed by atoms with Crippen LogP contribution in [0.4, 0.5) is 4.79 Å². The van der Waals surface area contributed by atoms with Crippen LogP contribution in [0, 0.1) is 0 Å². The van der Waals surface area contributed by atoms with E-state index in [1.54, 1.807) is 18.3 Å². The number of halogens is 1. The molecule has 1 aromatic heterocycles. The highest BCUT2D eigenvalue weighted by Gasteiger charge is 2.15. The van der Waals surface area contributed by atoms with E-state index < -0.39 is 11.7 Å². The zero-order valence-electron chi connectivity index (χ0n) is 9.58. The molecule has 0 aliphatic heterocycles. The van der Waals surface area contributed by atoms with Crippen LogP contribution in [-0.4, -0.2) is 16.7 Å². The Bertz CT molecular complexity index is 374. The van der Waals surface area contributed by atoms with Crippen LogP contribution in [0.5, 0.6) is 0 Å². The van der Waals surface area contributed by atoms with Gasteiger partial charge < -0.3 is 10.1 Å². The van der Waals surface area contributed by atoms with Gasteiger partial charge in [0.1, 0.15) is 10.8 Å². The minimum absolute atomic E-state index is 0.372. The molecule has 0 saturated heterocycles. The van der Waals surface area contributed by atoms with E-state index in [1.807, 2.05) is 20.8 Å². The SMILES string of the molecule is CC(C)(C)OC(=O)NCc1ccnc(Cl)c1. The van der Waals surface area contributed by atoms with E-state index in [9.17, 15) is 4.79 Å². The van der Waals surface area contributed by atoms with E-state index >= 15 is 0 Å². The van der Waals surface area contributed by atoms with Crippen LogP contribution in [0.3, 0.4) is 0 Å². The fourth-order valence-electron chi connectivity index (χ4n) is 1.04. The van der Waals surface area contributed by atoms with Crippen molar-refractivity contribution in [1.82, 2.24) is 10.3 Å². The molecule has 4 nitrogen and oxygen atoms in total. The number of carbonyl (C=O) groups is 1. The smallest absolute Gasteiger partial charge is 0.407 e. The molecule has 5 heteroatoms. The van der Waals surface area contributed by atoms with E-state index in [2.05, 4.69) is 10.3 Å². The van der Waals surface area contributed by atoms with E-state index in [1.165, 1.54) is 0 Å². The highest BCUT2D eigenvalue weighted by molar-refractivity contribution is 6.29. The quantitative estimate of drug-likeness (QED) is 0.812. The summed E-state index contributed by atoms with van der Waals surface area (Å²) < 4.78 is 5.09. The Kier molecular flexibility index (Phi) is 4.12. The third-order valence-corrected chi connectivity index (χ3v) is 1.83. The van der Waals surface area contributed by atoms with Gasteiger partial charge in [0.05, 0.1) is 0 Å². The number of amides is 1. The maximum Gasteiger partial charge on any atom is 0.407 e. The maximum atomic E-state index is 11.3. The molecule has 0 radical (unpaired) electrons. The average Bonchev–Trinajstić information content (AvgIpc) is 2.12. The lowest BCUT2D eigenvalue weighted by Crippen LogP contribution is -2.32. The highest BCUT2D eigenvalue weighted by Crippen LogP contribution is 2.08. The number of nitrogens with zero attached hydrogens (tertiary/aromatic N) is 1. The van der Waals surface area contributed by atoms with Crippen molar-refractivity contribution in [3.05, 3.63) is 29.0 Å². The summed E-state index contributed by atoms with van der Waals surface area (Å²) in [5.41, 5.74) is 0.394. The van der Waals surface area contributed by atoms with Crippen molar-refractivity contribution >= 4 is 17.7 Å². The van der Waals surface area contributed by atoms with Crippen LogP contribution in [0.1, 0.15) is 26.3 Å². The molecular weight excluding hydrogens is 228 g/mol. The molecule has 0 aliphatic rings. The lowest BCUT2D eigenvalue weighted by Gasteiger charge is -2.19. The van der Waals surface area contributed by atoms with Crippen molar-refractivity contribution in [2.45, 2.75) is 32.9 Å². The fourth-order valence-corrected chi connectivity index (χ4v) is 1.24. The molecule has 88 valence electrons. The number of hydrogen-bond donors (Lipinski definition) is 1. The topological polar surface area (TPSA) is 51.2 Å². The first-order valence-corrected chi connectivity index (χ1v) is 5.32. The number of ether oxygens (including phenoxy) is 1. The number of carbonyl (C=O) groups excluding carboxylic acids is 1. The molecule has 1 heterocycles. The van der Waals surface area contributed by atoms with Crippen molar-refractivity contribution in [1.29, 1.82) is 0 Å². The molecule has 1 rings (SSSR count). The van der Waals surface area contributed by atoms with E-state index in [4.69, 9.17) is 16.3 Å². The van der Waals surface area contributed by atoms with Gasteiger partial charge in [-0.15, -0.1) is 0 Å². The summed E-state index contributed by atoms with van der Waals surface area (Å²) in [7, 11) is 0. The minimum Gasteiger partial charge on any atom is -0.444 e. The number of hydrogen-bond acceptors (Lipinski definition) is 3. The summed E-state index contributed by atoms with van der Waals surface area (Å²) in [5, 5.41) is 3.04. The van der Waals surface area contributed by atoms with E-state index in [-0.39, 0.29) is 0 Å². The van der Waals surface area contributed by atoms with Crippen molar-refractivity contribution in [2.75, 3.05) is 0 Å². The normalized spacial score (nSPS) is 11.0. The second-order valence-electron chi connectivity index (χ2n) is 4.34. The van der Waals surface area contributed by atoms with Crippen LogP contribution in [0.15, 0.2) is 18.3 Å². The van der Waals surface area contributed by atoms with Gasteiger partial charge in [0.2, 0.25) is 0 Å². The number of alkyl carbamates (subject to hydrolysis) is 1. The summed E-state index contributed by atoms with van der Waals surface area (Å²) in [4.78, 5) is 15.2. The number of nitrogens with one attached hydrogen (secondary N) is 1. The summed E-state index contributed by atoms with van der Waals surface area (Å²) >= 11 is 5.71. The summed E-state index contributed by atoms with van der Waals surface area (Å²) in [6, 6.07) is 3.47. The Balaban J connectivity index is 2.43. The van der Waals surface area contributed by atoms with Gasteiger partial charge in [-0.05, 0) is 38.5 Å². The highest BCUT2D eigenvalue weighted by atomic mass is 35.5. The van der Waals surface area contributed by atoms with Crippen molar-refractivity contribution in [3.63, 3.8) is 0 Å². The fraction of sp³-hybridized carbons (Fsp3) is 0.455. The first-order valence-electron chi connectivity index (χ1n) is 4.94. The molecule has 1 aromatic rings. The van der Waals surface area contributed by atoms with E-state index in [0.29, 0.717) is 11.7 Å². The molecule has 1 amide bonds. The lowest BCUT2D eigenvalue weighted by molar-refractivity contribution is 0.0523. The first kappa shape index (κ1) is 12.8. The third-order valence-electron chi connectivity index (χ3n) is 1.63. The Morgan fingerprint density at radius 1 is 1.56 bits per heavy atom. The largest absolute Gasteiger partial charge is 0.444 e. The van der Waals surface area contributed by atoms with Crippen molar-refractivity contribution in [3.8, 4) is 0 Å². The van der Waals surface area contributed by atoms with Gasteiger partial charge in [0.15, 0.2) is 0 Å². The van der Waals surface area contributed by atoms with Crippen molar-refractivity contribution < 1.29 is 9.53 Å². The molecule has 0 saturated carbocycles. The number of aromatic nitrogens is 1. The number of pyridine rings is 1. The maximum absolute atomic E-state index is 11.3. The van der Waals surface area contributed by atoms with E-state index in [0.717, 1.165) is 5.56 Å².